The molecule has 12 nitrogen and oxygen atoms in total. The van der Waals surface area contributed by atoms with Crippen molar-refractivity contribution in [1.29, 1.82) is 0 Å². The minimum atomic E-state index is -1.62. The second-order valence-corrected chi connectivity index (χ2v) is 8.70. The van der Waals surface area contributed by atoms with Crippen molar-refractivity contribution in [2.75, 3.05) is 6.61 Å². The van der Waals surface area contributed by atoms with Crippen LogP contribution >= 0.6 is 0 Å². The summed E-state index contributed by atoms with van der Waals surface area (Å²) in [6.45, 7) is 3.87. The van der Waals surface area contributed by atoms with Crippen molar-refractivity contribution >= 4 is 34.6 Å². The number of nitrogens with one attached hydrogen (secondary N) is 4. The number of H-pyrrole nitrogens is 1. The van der Waals surface area contributed by atoms with E-state index in [0.717, 1.165) is 16.5 Å². The summed E-state index contributed by atoms with van der Waals surface area (Å²) in [7, 11) is 0. The van der Waals surface area contributed by atoms with Gasteiger partial charge in [-0.25, -0.2) is 4.79 Å². The first-order valence-corrected chi connectivity index (χ1v) is 11.2. The van der Waals surface area contributed by atoms with Gasteiger partial charge >= 0.3 is 5.97 Å². The van der Waals surface area contributed by atoms with Gasteiger partial charge in [-0.3, -0.25) is 14.4 Å². The zero-order valence-corrected chi connectivity index (χ0v) is 19.8. The van der Waals surface area contributed by atoms with E-state index in [1.165, 1.54) is 6.92 Å². The molecule has 0 spiro atoms. The fraction of sp³-hybridized carbons (Fsp3) is 0.478. The number of rotatable bonds is 12. The molecule has 1 aromatic carbocycles. The molecule has 3 amide bonds. The van der Waals surface area contributed by atoms with Crippen LogP contribution in [0.25, 0.3) is 10.9 Å². The number of carboxylic acids is 1. The van der Waals surface area contributed by atoms with Crippen molar-refractivity contribution in [3.05, 3.63) is 36.0 Å². The Morgan fingerprint density at radius 1 is 0.971 bits per heavy atom. The van der Waals surface area contributed by atoms with Crippen molar-refractivity contribution in [2.45, 2.75) is 57.5 Å². The molecule has 12 heteroatoms. The minimum absolute atomic E-state index is 0.0505. The van der Waals surface area contributed by atoms with Crippen LogP contribution in [0.4, 0.5) is 0 Å². The Labute approximate surface area is 202 Å². The topological polar surface area (TPSA) is 207 Å². The average molecular weight is 492 g/mol. The molecule has 9 N–H and O–H groups in total. The maximum absolute atomic E-state index is 13.2. The molecule has 0 aliphatic heterocycles. The highest BCUT2D eigenvalue weighted by Crippen LogP contribution is 2.19. The van der Waals surface area contributed by atoms with Crippen molar-refractivity contribution in [2.24, 2.45) is 11.7 Å². The van der Waals surface area contributed by atoms with Crippen LogP contribution in [0, 0.1) is 5.92 Å². The van der Waals surface area contributed by atoms with Gasteiger partial charge in [0.25, 0.3) is 0 Å². The summed E-state index contributed by atoms with van der Waals surface area (Å²) in [5.41, 5.74) is 7.49. The van der Waals surface area contributed by atoms with E-state index in [0.29, 0.717) is 0 Å². The molecule has 0 saturated carbocycles. The third kappa shape index (κ3) is 7.25. The SMILES string of the molecule is CC(C)C(N)C(=O)NC(Cc1c[nH]c2ccccc12)C(=O)NC(C(=O)NC(CO)C(=O)O)C(C)O. The molecule has 0 radical (unpaired) electrons. The van der Waals surface area contributed by atoms with E-state index in [1.807, 2.05) is 24.3 Å². The summed E-state index contributed by atoms with van der Waals surface area (Å²) in [4.78, 5) is 52.6. The minimum Gasteiger partial charge on any atom is -0.480 e. The van der Waals surface area contributed by atoms with Crippen LogP contribution in [0.2, 0.25) is 0 Å². The number of benzene rings is 1. The second-order valence-electron chi connectivity index (χ2n) is 8.70. The van der Waals surface area contributed by atoms with Crippen molar-refractivity contribution in [1.82, 2.24) is 20.9 Å². The number of carbonyl (C=O) groups excluding carboxylic acids is 3. The normalized spacial score (nSPS) is 15.6. The smallest absolute Gasteiger partial charge is 0.328 e. The highest BCUT2D eigenvalue weighted by Gasteiger charge is 2.33. The van der Waals surface area contributed by atoms with Gasteiger partial charge in [0.1, 0.15) is 18.1 Å². The van der Waals surface area contributed by atoms with Gasteiger partial charge < -0.3 is 42.0 Å². The van der Waals surface area contributed by atoms with Gasteiger partial charge in [-0.2, -0.15) is 0 Å². The summed E-state index contributed by atoms with van der Waals surface area (Å²) >= 11 is 0. The highest BCUT2D eigenvalue weighted by molar-refractivity contribution is 5.95. The van der Waals surface area contributed by atoms with Gasteiger partial charge in [-0.1, -0.05) is 32.0 Å². The molecular weight excluding hydrogens is 458 g/mol. The molecule has 0 aliphatic carbocycles. The lowest BCUT2D eigenvalue weighted by Gasteiger charge is -2.26. The van der Waals surface area contributed by atoms with Crippen LogP contribution in [-0.4, -0.2) is 80.9 Å². The molecule has 35 heavy (non-hydrogen) atoms. The fourth-order valence-corrected chi connectivity index (χ4v) is 3.41. The van der Waals surface area contributed by atoms with E-state index in [1.54, 1.807) is 20.0 Å². The predicted octanol–water partition coefficient (Wildman–Crippen LogP) is -1.39. The van der Waals surface area contributed by atoms with Gasteiger partial charge in [0, 0.05) is 23.5 Å². The zero-order chi connectivity index (χ0) is 26.3. The van der Waals surface area contributed by atoms with Crippen LogP contribution in [0.15, 0.2) is 30.5 Å². The number of carbonyl (C=O) groups is 4. The Bertz CT molecular complexity index is 1050. The summed E-state index contributed by atoms with van der Waals surface area (Å²) < 4.78 is 0. The predicted molar refractivity (Wildman–Crippen MR) is 127 cm³/mol. The first kappa shape index (κ1) is 27.8. The number of hydrogen-bond donors (Lipinski definition) is 8. The van der Waals surface area contributed by atoms with Crippen LogP contribution in [-0.2, 0) is 25.6 Å². The van der Waals surface area contributed by atoms with E-state index in [4.69, 9.17) is 15.9 Å². The average Bonchev–Trinajstić information content (AvgIpc) is 3.21. The Hall–Kier alpha value is -3.48. The number of aliphatic carboxylic acids is 1. The van der Waals surface area contributed by atoms with E-state index < -0.39 is 60.6 Å². The number of aromatic amines is 1. The van der Waals surface area contributed by atoms with Crippen LogP contribution in [0.1, 0.15) is 26.3 Å². The van der Waals surface area contributed by atoms with Gasteiger partial charge in [-0.15, -0.1) is 0 Å². The second kappa shape index (κ2) is 12.3. The van der Waals surface area contributed by atoms with Gasteiger partial charge in [0.2, 0.25) is 17.7 Å². The summed E-state index contributed by atoms with van der Waals surface area (Å²) in [6, 6.07) is 2.18. The molecule has 5 unspecified atom stereocenters. The van der Waals surface area contributed by atoms with Crippen molar-refractivity contribution in [3.63, 3.8) is 0 Å². The molecule has 5 atom stereocenters. The van der Waals surface area contributed by atoms with Gasteiger partial charge in [0.15, 0.2) is 0 Å². The number of para-hydroxylation sites is 1. The molecule has 2 aromatic rings. The quantitative estimate of drug-likeness (QED) is 0.177. The molecule has 0 bridgehead atoms. The number of aliphatic hydroxyl groups is 2. The largest absolute Gasteiger partial charge is 0.480 e. The van der Waals surface area contributed by atoms with Crippen molar-refractivity contribution in [3.8, 4) is 0 Å². The lowest BCUT2D eigenvalue weighted by molar-refractivity contribution is -0.144. The molecule has 0 saturated heterocycles. The van der Waals surface area contributed by atoms with E-state index in [-0.39, 0.29) is 12.3 Å². The first-order valence-electron chi connectivity index (χ1n) is 11.2. The third-order valence-electron chi connectivity index (χ3n) is 5.61. The Balaban J connectivity index is 2.29. The first-order chi connectivity index (χ1) is 16.5. The molecule has 2 rings (SSSR count). The third-order valence-corrected chi connectivity index (χ3v) is 5.61. The summed E-state index contributed by atoms with van der Waals surface area (Å²) in [5, 5.41) is 36.2. The number of amides is 3. The molecule has 1 heterocycles. The standard InChI is InChI=1S/C23H33N5O7/c1-11(2)18(24)21(32)26-16(8-13-9-25-15-7-5-4-6-14(13)15)20(31)28-19(12(3)30)22(33)27-17(10-29)23(34)35/h4-7,9,11-12,16-19,25,29-30H,8,10,24H2,1-3H3,(H,26,32)(H,27,33)(H,28,31)(H,34,35). The zero-order valence-electron chi connectivity index (χ0n) is 19.8. The van der Waals surface area contributed by atoms with Crippen LogP contribution in [0.3, 0.4) is 0 Å². The number of carboxylic acid groups (broad SMARTS) is 1. The molecular formula is C23H33N5O7. The number of fused-ring (bicyclic) bond motifs is 1. The van der Waals surface area contributed by atoms with E-state index >= 15 is 0 Å². The lowest BCUT2D eigenvalue weighted by Crippen LogP contribution is -2.60. The number of aromatic nitrogens is 1. The Morgan fingerprint density at radius 2 is 1.60 bits per heavy atom. The summed E-state index contributed by atoms with van der Waals surface area (Å²) in [5.74, 6) is -4.04. The highest BCUT2D eigenvalue weighted by atomic mass is 16.4. The van der Waals surface area contributed by atoms with Crippen LogP contribution in [0.5, 0.6) is 0 Å². The van der Waals surface area contributed by atoms with Gasteiger partial charge in [-0.05, 0) is 24.5 Å². The van der Waals surface area contributed by atoms with Crippen LogP contribution < -0.4 is 21.7 Å². The van der Waals surface area contributed by atoms with E-state index in [9.17, 15) is 24.3 Å². The molecule has 0 fully saturated rings. The maximum atomic E-state index is 13.2. The van der Waals surface area contributed by atoms with Crippen molar-refractivity contribution < 1.29 is 34.5 Å². The fourth-order valence-electron chi connectivity index (χ4n) is 3.41. The number of aliphatic hydroxyl groups excluding tert-OH is 2. The number of nitrogens with two attached hydrogens (primary N) is 1. The van der Waals surface area contributed by atoms with Gasteiger partial charge in [0.05, 0.1) is 18.8 Å². The molecule has 1 aromatic heterocycles. The number of hydrogen-bond acceptors (Lipinski definition) is 7. The summed E-state index contributed by atoms with van der Waals surface area (Å²) in [6.07, 6.45) is 0.348. The molecule has 192 valence electrons. The Kier molecular flexibility index (Phi) is 9.75. The van der Waals surface area contributed by atoms with E-state index in [2.05, 4.69) is 20.9 Å². The maximum Gasteiger partial charge on any atom is 0.328 e. The Morgan fingerprint density at radius 3 is 2.17 bits per heavy atom. The lowest BCUT2D eigenvalue weighted by atomic mass is 10.0. The monoisotopic (exact) mass is 491 g/mol. The molecule has 0 aliphatic rings.